The molecule has 1 unspecified atom stereocenters. The van der Waals surface area contributed by atoms with E-state index in [0.29, 0.717) is 24.0 Å². The summed E-state index contributed by atoms with van der Waals surface area (Å²) in [4.78, 5) is 22.1. The summed E-state index contributed by atoms with van der Waals surface area (Å²) in [5.41, 5.74) is 0. The fraction of sp³-hybridized carbons (Fsp3) is 0.941. The molecule has 0 radical (unpaired) electrons. The van der Waals surface area contributed by atoms with Crippen LogP contribution in [0.2, 0.25) is 0 Å². The predicted molar refractivity (Wildman–Crippen MR) is 88.9 cm³/mol. The van der Waals surface area contributed by atoms with Crippen LogP contribution in [0.15, 0.2) is 0 Å². The number of amides is 1. The topological polar surface area (TPSA) is 30.0 Å². The molecule has 3 heterocycles. The zero-order valence-electron chi connectivity index (χ0n) is 14.7. The smallest absolute Gasteiger partial charge is 0.240 e. The van der Waals surface area contributed by atoms with E-state index < -0.39 is 0 Å². The van der Waals surface area contributed by atoms with Crippen LogP contribution in [-0.4, -0.2) is 95.5 Å². The molecule has 3 rings (SSSR count). The number of rotatable bonds is 4. The van der Waals surface area contributed by atoms with Gasteiger partial charge in [0.1, 0.15) is 0 Å². The lowest BCUT2D eigenvalue weighted by Crippen LogP contribution is -2.66. The van der Waals surface area contributed by atoms with E-state index in [1.807, 2.05) is 4.90 Å². The molecule has 0 aromatic heterocycles. The Morgan fingerprint density at radius 1 is 0.864 bits per heavy atom. The Hall–Kier alpha value is -0.650. The van der Waals surface area contributed by atoms with Gasteiger partial charge >= 0.3 is 0 Å². The summed E-state index contributed by atoms with van der Waals surface area (Å²) >= 11 is 0. The average molecular weight is 308 g/mol. The molecule has 5 nitrogen and oxygen atoms in total. The van der Waals surface area contributed by atoms with Crippen LogP contribution in [0, 0.1) is 0 Å². The van der Waals surface area contributed by atoms with Crippen molar-refractivity contribution >= 4 is 5.91 Å². The first-order valence-corrected chi connectivity index (χ1v) is 9.00. The molecule has 3 saturated heterocycles. The minimum absolute atomic E-state index is 0.163. The van der Waals surface area contributed by atoms with Gasteiger partial charge in [0.2, 0.25) is 5.91 Å². The number of carbonyl (C=O) groups excluding carboxylic acids is 1. The van der Waals surface area contributed by atoms with Crippen molar-refractivity contribution in [2.75, 3.05) is 45.8 Å². The van der Waals surface area contributed by atoms with Crippen molar-refractivity contribution in [1.29, 1.82) is 0 Å². The van der Waals surface area contributed by atoms with Gasteiger partial charge in [-0.25, -0.2) is 0 Å². The van der Waals surface area contributed by atoms with E-state index in [2.05, 4.69) is 42.4 Å². The third-order valence-electron chi connectivity index (χ3n) is 5.76. The van der Waals surface area contributed by atoms with Gasteiger partial charge in [-0.05, 0) is 34.1 Å². The van der Waals surface area contributed by atoms with Crippen molar-refractivity contribution in [3.63, 3.8) is 0 Å². The molecule has 0 bridgehead atoms. The van der Waals surface area contributed by atoms with Crippen LogP contribution in [0.3, 0.4) is 0 Å². The van der Waals surface area contributed by atoms with Crippen LogP contribution in [0.1, 0.15) is 34.1 Å². The quantitative estimate of drug-likeness (QED) is 0.765. The van der Waals surface area contributed by atoms with Gasteiger partial charge in [0, 0.05) is 63.9 Å². The lowest BCUT2D eigenvalue weighted by Gasteiger charge is -2.50. The van der Waals surface area contributed by atoms with Crippen molar-refractivity contribution in [2.45, 2.75) is 58.3 Å². The highest BCUT2D eigenvalue weighted by Gasteiger charge is 2.43. The van der Waals surface area contributed by atoms with Crippen molar-refractivity contribution in [3.05, 3.63) is 0 Å². The predicted octanol–water partition coefficient (Wildman–Crippen LogP) is 0.706. The standard InChI is InChI=1S/C17H32N4O/c1-13(2)18-7-9-19(10-8-18)15-11-20(12-15)16-5-6-21(14(3)4)17(16)22/h13-16H,5-12H2,1-4H3. The van der Waals surface area contributed by atoms with Gasteiger partial charge < -0.3 is 4.90 Å². The zero-order valence-corrected chi connectivity index (χ0v) is 14.7. The Labute approximate surface area is 135 Å². The lowest BCUT2D eigenvalue weighted by molar-refractivity contribution is -0.136. The van der Waals surface area contributed by atoms with Gasteiger partial charge in [0.15, 0.2) is 0 Å². The maximum Gasteiger partial charge on any atom is 0.240 e. The molecule has 0 saturated carbocycles. The second kappa shape index (κ2) is 6.46. The summed E-state index contributed by atoms with van der Waals surface area (Å²) in [5.74, 6) is 0.359. The summed E-state index contributed by atoms with van der Waals surface area (Å²) < 4.78 is 0. The maximum atomic E-state index is 12.4. The fourth-order valence-corrected chi connectivity index (χ4v) is 4.13. The van der Waals surface area contributed by atoms with E-state index in [1.165, 1.54) is 26.2 Å². The highest BCUT2D eigenvalue weighted by atomic mass is 16.2. The molecule has 1 atom stereocenters. The number of hydrogen-bond acceptors (Lipinski definition) is 4. The van der Waals surface area contributed by atoms with Crippen LogP contribution in [0.25, 0.3) is 0 Å². The summed E-state index contributed by atoms with van der Waals surface area (Å²) in [6.45, 7) is 16.7. The van der Waals surface area contributed by atoms with E-state index in [-0.39, 0.29) is 6.04 Å². The molecule has 0 spiro atoms. The molecule has 5 heteroatoms. The van der Waals surface area contributed by atoms with Crippen LogP contribution < -0.4 is 0 Å². The van der Waals surface area contributed by atoms with Crippen LogP contribution in [0.5, 0.6) is 0 Å². The van der Waals surface area contributed by atoms with E-state index in [9.17, 15) is 4.79 Å². The SMILES string of the molecule is CC(C)N1CCN(C2CN(C3CCN(C(C)C)C3=O)C2)CC1. The monoisotopic (exact) mass is 308 g/mol. The summed E-state index contributed by atoms with van der Waals surface area (Å²) in [5, 5.41) is 0. The molecule has 3 aliphatic rings. The minimum atomic E-state index is 0.163. The van der Waals surface area contributed by atoms with Gasteiger partial charge in [-0.15, -0.1) is 0 Å². The molecule has 0 aliphatic carbocycles. The number of hydrogen-bond donors (Lipinski definition) is 0. The first-order chi connectivity index (χ1) is 10.5. The van der Waals surface area contributed by atoms with Crippen LogP contribution >= 0.6 is 0 Å². The zero-order chi connectivity index (χ0) is 15.9. The fourth-order valence-electron chi connectivity index (χ4n) is 4.13. The number of piperazine rings is 1. The number of nitrogens with zero attached hydrogens (tertiary/aromatic N) is 4. The molecule has 126 valence electrons. The van der Waals surface area contributed by atoms with Crippen molar-refractivity contribution < 1.29 is 4.79 Å². The minimum Gasteiger partial charge on any atom is -0.339 e. The van der Waals surface area contributed by atoms with Crippen molar-refractivity contribution in [2.24, 2.45) is 0 Å². The molecule has 3 aliphatic heterocycles. The second-order valence-corrected chi connectivity index (χ2v) is 7.70. The highest BCUT2D eigenvalue weighted by molar-refractivity contribution is 5.84. The van der Waals surface area contributed by atoms with Gasteiger partial charge in [0.05, 0.1) is 6.04 Å². The van der Waals surface area contributed by atoms with Gasteiger partial charge in [-0.2, -0.15) is 0 Å². The molecule has 3 fully saturated rings. The first-order valence-electron chi connectivity index (χ1n) is 9.00. The maximum absolute atomic E-state index is 12.4. The highest BCUT2D eigenvalue weighted by Crippen LogP contribution is 2.26. The number of likely N-dealkylation sites (tertiary alicyclic amines) is 2. The number of carbonyl (C=O) groups is 1. The van der Waals surface area contributed by atoms with Crippen molar-refractivity contribution in [1.82, 2.24) is 19.6 Å². The lowest BCUT2D eigenvalue weighted by atomic mass is 10.0. The Balaban J connectivity index is 1.44. The third kappa shape index (κ3) is 3.03. The third-order valence-corrected chi connectivity index (χ3v) is 5.76. The van der Waals surface area contributed by atoms with Gasteiger partial charge in [0.25, 0.3) is 0 Å². The molecule has 22 heavy (non-hydrogen) atoms. The average Bonchev–Trinajstić information content (AvgIpc) is 2.80. The van der Waals surface area contributed by atoms with E-state index in [0.717, 1.165) is 26.1 Å². The molecular formula is C17H32N4O. The second-order valence-electron chi connectivity index (χ2n) is 7.70. The van der Waals surface area contributed by atoms with E-state index in [1.54, 1.807) is 0 Å². The Kier molecular flexibility index (Phi) is 4.76. The van der Waals surface area contributed by atoms with E-state index in [4.69, 9.17) is 0 Å². The Morgan fingerprint density at radius 2 is 1.50 bits per heavy atom. The summed E-state index contributed by atoms with van der Waals surface area (Å²) in [6, 6.07) is 1.85. The molecule has 0 N–H and O–H groups in total. The first kappa shape index (κ1) is 16.2. The van der Waals surface area contributed by atoms with Crippen LogP contribution in [-0.2, 0) is 4.79 Å². The van der Waals surface area contributed by atoms with Gasteiger partial charge in [-0.1, -0.05) is 0 Å². The van der Waals surface area contributed by atoms with Crippen LogP contribution in [0.4, 0.5) is 0 Å². The molecule has 1 amide bonds. The molecular weight excluding hydrogens is 276 g/mol. The van der Waals surface area contributed by atoms with Crippen molar-refractivity contribution in [3.8, 4) is 0 Å². The van der Waals surface area contributed by atoms with Gasteiger partial charge in [-0.3, -0.25) is 19.5 Å². The van der Waals surface area contributed by atoms with E-state index >= 15 is 0 Å². The summed E-state index contributed by atoms with van der Waals surface area (Å²) in [6.07, 6.45) is 1.02. The Bertz CT molecular complexity index is 397. The molecule has 0 aromatic rings. The summed E-state index contributed by atoms with van der Waals surface area (Å²) in [7, 11) is 0. The molecule has 0 aromatic carbocycles. The normalized spacial score (nSPS) is 29.8. The Morgan fingerprint density at radius 3 is 2.00 bits per heavy atom. The largest absolute Gasteiger partial charge is 0.339 e.